The Labute approximate surface area is 117 Å². The number of carboxylic acid groups (broad SMARTS) is 1. The van der Waals surface area contributed by atoms with E-state index in [-0.39, 0.29) is 19.2 Å². The Balaban J connectivity index is 3.29. The number of sulfonamides is 1. The van der Waals surface area contributed by atoms with Gasteiger partial charge in [0.15, 0.2) is 5.03 Å². The highest BCUT2D eigenvalue weighted by atomic mass is 32.2. The first kappa shape index (κ1) is 16.6. The molecular formula is C11H19N3O5S. The van der Waals surface area contributed by atoms with Gasteiger partial charge in [-0.3, -0.25) is 5.10 Å². The van der Waals surface area contributed by atoms with Crippen LogP contribution in [0.4, 0.5) is 0 Å². The maximum absolute atomic E-state index is 12.5. The van der Waals surface area contributed by atoms with Crippen LogP contribution in [0.2, 0.25) is 0 Å². The summed E-state index contributed by atoms with van der Waals surface area (Å²) in [7, 11) is -4.04. The van der Waals surface area contributed by atoms with Gasteiger partial charge in [-0.2, -0.15) is 9.40 Å². The number of carbonyl (C=O) groups is 1. The van der Waals surface area contributed by atoms with E-state index in [0.29, 0.717) is 12.8 Å². The molecule has 0 atom stereocenters. The van der Waals surface area contributed by atoms with Crippen LogP contribution in [-0.4, -0.2) is 58.3 Å². The molecule has 0 saturated carbocycles. The first-order chi connectivity index (χ1) is 9.39. The molecule has 0 saturated heterocycles. The highest BCUT2D eigenvalue weighted by Crippen LogP contribution is 2.22. The van der Waals surface area contributed by atoms with Gasteiger partial charge in [-0.1, -0.05) is 13.8 Å². The Morgan fingerprint density at radius 1 is 1.45 bits per heavy atom. The molecule has 0 bridgehead atoms. The number of aliphatic hydroxyl groups excluding tert-OH is 1. The van der Waals surface area contributed by atoms with E-state index in [4.69, 9.17) is 10.2 Å². The summed E-state index contributed by atoms with van der Waals surface area (Å²) in [4.78, 5) is 11.0. The standard InChI is InChI=1S/C11H19N3O5S/c1-3-8(4-2)14(5-6-15)20(18,19)10-9(11(16)17)7-12-13-10/h7-8,15H,3-6H2,1-2H3,(H,12,13)(H,16,17). The van der Waals surface area contributed by atoms with Gasteiger partial charge in [0.05, 0.1) is 12.8 Å². The number of aromatic carboxylic acids is 1. The molecule has 0 aliphatic heterocycles. The number of nitrogens with zero attached hydrogens (tertiary/aromatic N) is 2. The van der Waals surface area contributed by atoms with Crippen LogP contribution in [0, 0.1) is 0 Å². The van der Waals surface area contributed by atoms with Crippen molar-refractivity contribution in [3.8, 4) is 0 Å². The molecule has 1 heterocycles. The number of aromatic amines is 1. The van der Waals surface area contributed by atoms with E-state index >= 15 is 0 Å². The number of rotatable bonds is 8. The van der Waals surface area contributed by atoms with Crippen molar-refractivity contribution in [2.45, 2.75) is 37.8 Å². The Hall–Kier alpha value is -1.45. The molecule has 0 spiro atoms. The molecule has 9 heteroatoms. The minimum Gasteiger partial charge on any atom is -0.478 e. The van der Waals surface area contributed by atoms with E-state index in [1.165, 1.54) is 0 Å². The first-order valence-electron chi connectivity index (χ1n) is 6.29. The third-order valence-corrected chi connectivity index (χ3v) is 5.00. The third-order valence-electron chi connectivity index (χ3n) is 3.07. The number of nitrogens with one attached hydrogen (secondary N) is 1. The van der Waals surface area contributed by atoms with Gasteiger partial charge >= 0.3 is 5.97 Å². The fourth-order valence-corrected chi connectivity index (χ4v) is 3.87. The molecule has 114 valence electrons. The second kappa shape index (κ2) is 6.82. The van der Waals surface area contributed by atoms with Gasteiger partial charge in [-0.15, -0.1) is 0 Å². The summed E-state index contributed by atoms with van der Waals surface area (Å²) in [5.41, 5.74) is -0.404. The molecule has 20 heavy (non-hydrogen) atoms. The summed E-state index contributed by atoms with van der Waals surface area (Å²) < 4.78 is 26.2. The number of aliphatic hydroxyl groups is 1. The molecule has 0 unspecified atom stereocenters. The number of aromatic nitrogens is 2. The summed E-state index contributed by atoms with van der Waals surface area (Å²) >= 11 is 0. The van der Waals surface area contributed by atoms with Crippen LogP contribution < -0.4 is 0 Å². The highest BCUT2D eigenvalue weighted by Gasteiger charge is 2.34. The van der Waals surface area contributed by atoms with Crippen molar-refractivity contribution in [1.82, 2.24) is 14.5 Å². The molecule has 0 aliphatic carbocycles. The molecule has 0 radical (unpaired) electrons. The largest absolute Gasteiger partial charge is 0.478 e. The smallest absolute Gasteiger partial charge is 0.340 e. The lowest BCUT2D eigenvalue weighted by Crippen LogP contribution is -2.42. The van der Waals surface area contributed by atoms with Crippen LogP contribution in [0.25, 0.3) is 0 Å². The van der Waals surface area contributed by atoms with Crippen molar-refractivity contribution in [1.29, 1.82) is 0 Å². The quantitative estimate of drug-likeness (QED) is 0.634. The Morgan fingerprint density at radius 3 is 2.50 bits per heavy atom. The number of H-pyrrole nitrogens is 1. The predicted octanol–water partition coefficient (Wildman–Crippen LogP) is 0.280. The monoisotopic (exact) mass is 305 g/mol. The number of hydrogen-bond acceptors (Lipinski definition) is 5. The molecule has 0 amide bonds. The maximum atomic E-state index is 12.5. The molecule has 0 aromatic carbocycles. The zero-order valence-corrected chi connectivity index (χ0v) is 12.2. The van der Waals surface area contributed by atoms with Crippen molar-refractivity contribution >= 4 is 16.0 Å². The van der Waals surface area contributed by atoms with Gasteiger partial charge in [0.1, 0.15) is 5.56 Å². The van der Waals surface area contributed by atoms with E-state index < -0.39 is 26.6 Å². The molecule has 1 aromatic heterocycles. The average molecular weight is 305 g/mol. The van der Waals surface area contributed by atoms with Gasteiger partial charge < -0.3 is 10.2 Å². The minimum absolute atomic E-state index is 0.0905. The van der Waals surface area contributed by atoms with Crippen molar-refractivity contribution in [2.75, 3.05) is 13.2 Å². The summed E-state index contributed by atoms with van der Waals surface area (Å²) in [6.45, 7) is 3.23. The van der Waals surface area contributed by atoms with Gasteiger partial charge in [-0.05, 0) is 12.8 Å². The van der Waals surface area contributed by atoms with Gasteiger partial charge in [0.25, 0.3) is 10.0 Å². The van der Waals surface area contributed by atoms with Crippen LogP contribution in [0.1, 0.15) is 37.0 Å². The van der Waals surface area contributed by atoms with Crippen LogP contribution in [0.15, 0.2) is 11.2 Å². The zero-order valence-electron chi connectivity index (χ0n) is 11.4. The Kier molecular flexibility index (Phi) is 5.66. The molecular weight excluding hydrogens is 286 g/mol. The lowest BCUT2D eigenvalue weighted by Gasteiger charge is -2.28. The van der Waals surface area contributed by atoms with E-state index in [1.807, 2.05) is 13.8 Å². The summed E-state index contributed by atoms with van der Waals surface area (Å²) in [6.07, 6.45) is 2.08. The fraction of sp³-hybridized carbons (Fsp3) is 0.636. The molecule has 1 rings (SSSR count). The van der Waals surface area contributed by atoms with E-state index in [9.17, 15) is 13.2 Å². The third kappa shape index (κ3) is 3.17. The zero-order chi connectivity index (χ0) is 15.3. The van der Waals surface area contributed by atoms with Crippen LogP contribution in [0.5, 0.6) is 0 Å². The number of carboxylic acids is 1. The second-order valence-corrected chi connectivity index (χ2v) is 6.06. The summed E-state index contributed by atoms with van der Waals surface area (Å²) in [5, 5.41) is 23.3. The molecule has 0 fully saturated rings. The topological polar surface area (TPSA) is 124 Å². The van der Waals surface area contributed by atoms with E-state index in [0.717, 1.165) is 10.5 Å². The lowest BCUT2D eigenvalue weighted by atomic mass is 10.2. The van der Waals surface area contributed by atoms with Crippen LogP contribution >= 0.6 is 0 Å². The highest BCUT2D eigenvalue weighted by molar-refractivity contribution is 7.89. The minimum atomic E-state index is -4.04. The molecule has 8 nitrogen and oxygen atoms in total. The molecule has 3 N–H and O–H groups in total. The SMILES string of the molecule is CCC(CC)N(CCO)S(=O)(=O)c1[nH]ncc1C(=O)O. The summed E-state index contributed by atoms with van der Waals surface area (Å²) in [5.74, 6) is -1.37. The van der Waals surface area contributed by atoms with Crippen LogP contribution in [-0.2, 0) is 10.0 Å². The second-order valence-electron chi connectivity index (χ2n) is 4.23. The summed E-state index contributed by atoms with van der Waals surface area (Å²) in [6, 6.07) is -0.308. The normalized spacial score (nSPS) is 12.2. The molecule has 1 aromatic rings. The lowest BCUT2D eigenvalue weighted by molar-refractivity contribution is 0.0692. The Bertz CT molecular complexity index is 550. The number of hydrogen-bond donors (Lipinski definition) is 3. The van der Waals surface area contributed by atoms with Gasteiger partial charge in [0.2, 0.25) is 0 Å². The van der Waals surface area contributed by atoms with E-state index in [2.05, 4.69) is 10.2 Å². The average Bonchev–Trinajstić information content (AvgIpc) is 2.89. The van der Waals surface area contributed by atoms with Crippen molar-refractivity contribution in [3.05, 3.63) is 11.8 Å². The fourth-order valence-electron chi connectivity index (χ4n) is 2.03. The van der Waals surface area contributed by atoms with E-state index in [1.54, 1.807) is 0 Å². The Morgan fingerprint density at radius 2 is 2.05 bits per heavy atom. The van der Waals surface area contributed by atoms with Crippen molar-refractivity contribution in [3.63, 3.8) is 0 Å². The van der Waals surface area contributed by atoms with Crippen molar-refractivity contribution < 1.29 is 23.4 Å². The first-order valence-corrected chi connectivity index (χ1v) is 7.73. The predicted molar refractivity (Wildman–Crippen MR) is 70.9 cm³/mol. The van der Waals surface area contributed by atoms with Gasteiger partial charge in [-0.25, -0.2) is 13.2 Å². The van der Waals surface area contributed by atoms with Crippen LogP contribution in [0.3, 0.4) is 0 Å². The molecule has 0 aliphatic rings. The maximum Gasteiger partial charge on any atom is 0.340 e. The van der Waals surface area contributed by atoms with Crippen molar-refractivity contribution in [2.24, 2.45) is 0 Å². The van der Waals surface area contributed by atoms with Gasteiger partial charge in [0, 0.05) is 12.6 Å².